The van der Waals surface area contributed by atoms with Gasteiger partial charge in [-0.3, -0.25) is 4.98 Å². The minimum atomic E-state index is -0.0597. The number of nitrogens with zero attached hydrogens (tertiary/aromatic N) is 3. The van der Waals surface area contributed by atoms with Crippen molar-refractivity contribution in [1.82, 2.24) is 15.0 Å². The van der Waals surface area contributed by atoms with Crippen LogP contribution in [0.3, 0.4) is 0 Å². The second-order valence-corrected chi connectivity index (χ2v) is 12.9. The maximum absolute atomic E-state index is 5.20. The number of benzene rings is 6. The van der Waals surface area contributed by atoms with Crippen molar-refractivity contribution in [3.05, 3.63) is 163 Å². The fourth-order valence-electron chi connectivity index (χ4n) is 7.24. The summed E-state index contributed by atoms with van der Waals surface area (Å²) in [6.45, 7) is 4.69. The highest BCUT2D eigenvalue weighted by Crippen LogP contribution is 2.50. The lowest BCUT2D eigenvalue weighted by atomic mass is 9.81. The summed E-state index contributed by atoms with van der Waals surface area (Å²) in [5, 5.41) is 4.97. The van der Waals surface area contributed by atoms with Crippen molar-refractivity contribution in [2.45, 2.75) is 19.3 Å². The first kappa shape index (κ1) is 27.4. The minimum absolute atomic E-state index is 0.0597. The summed E-state index contributed by atoms with van der Waals surface area (Å²) in [5.41, 5.74) is 12.2. The van der Waals surface area contributed by atoms with Gasteiger partial charge < -0.3 is 0 Å². The van der Waals surface area contributed by atoms with Gasteiger partial charge in [-0.2, -0.15) is 0 Å². The molecule has 0 fully saturated rings. The normalized spacial score (nSPS) is 13.1. The Bertz CT molecular complexity index is 2480. The molecule has 1 aliphatic carbocycles. The molecule has 0 radical (unpaired) electrons. The van der Waals surface area contributed by atoms with Gasteiger partial charge in [0.25, 0.3) is 0 Å². The van der Waals surface area contributed by atoms with Crippen LogP contribution in [0.4, 0.5) is 0 Å². The summed E-state index contributed by atoms with van der Waals surface area (Å²) in [4.78, 5) is 14.9. The number of aromatic nitrogens is 3. The summed E-state index contributed by atoms with van der Waals surface area (Å²) in [7, 11) is 0. The summed E-state index contributed by atoms with van der Waals surface area (Å²) >= 11 is 0. The van der Waals surface area contributed by atoms with E-state index in [4.69, 9.17) is 9.97 Å². The Morgan fingerprint density at radius 1 is 0.426 bits per heavy atom. The molecule has 2 heterocycles. The molecule has 0 saturated heterocycles. The van der Waals surface area contributed by atoms with Crippen LogP contribution in [-0.4, -0.2) is 15.0 Å². The molecular formula is C44H31N3. The standard InChI is InChI=1S/C44H31N3/c1-44(2)38-16-7-6-15-34(38)37-24-30-20-18-28-19-21-32(25-35(28)36(30)26-39(37)44)42-27-41(29-11-4-3-5-12-29)46-43(47-42)33-14-10-13-31(23-33)40-17-8-9-22-45-40/h3-27H,1-2H3. The molecule has 222 valence electrons. The lowest BCUT2D eigenvalue weighted by molar-refractivity contribution is 0.661. The van der Waals surface area contributed by atoms with Crippen LogP contribution < -0.4 is 0 Å². The first-order valence-electron chi connectivity index (χ1n) is 16.1. The lowest BCUT2D eigenvalue weighted by Gasteiger charge is -2.22. The van der Waals surface area contributed by atoms with Crippen molar-refractivity contribution in [2.24, 2.45) is 0 Å². The van der Waals surface area contributed by atoms with Crippen molar-refractivity contribution in [3.8, 4) is 56.3 Å². The molecule has 0 atom stereocenters. The molecule has 0 spiro atoms. The van der Waals surface area contributed by atoms with E-state index in [2.05, 4.69) is 140 Å². The van der Waals surface area contributed by atoms with Crippen molar-refractivity contribution in [3.63, 3.8) is 0 Å². The Morgan fingerprint density at radius 3 is 1.96 bits per heavy atom. The zero-order valence-corrected chi connectivity index (χ0v) is 26.3. The van der Waals surface area contributed by atoms with E-state index < -0.39 is 0 Å². The first-order valence-corrected chi connectivity index (χ1v) is 16.1. The van der Waals surface area contributed by atoms with Gasteiger partial charge >= 0.3 is 0 Å². The Hall–Kier alpha value is -5.93. The van der Waals surface area contributed by atoms with E-state index in [-0.39, 0.29) is 5.41 Å². The van der Waals surface area contributed by atoms with Crippen LogP contribution in [0, 0.1) is 0 Å². The maximum Gasteiger partial charge on any atom is 0.160 e. The molecule has 47 heavy (non-hydrogen) atoms. The number of hydrogen-bond donors (Lipinski definition) is 0. The van der Waals surface area contributed by atoms with Gasteiger partial charge in [-0.1, -0.05) is 117 Å². The van der Waals surface area contributed by atoms with Crippen molar-refractivity contribution in [1.29, 1.82) is 0 Å². The molecule has 8 aromatic rings. The molecule has 0 N–H and O–H groups in total. The molecule has 3 heteroatoms. The SMILES string of the molecule is CC1(C)c2ccccc2-c2cc3ccc4ccc(-c5cc(-c6ccccc6)nc(-c6cccc(-c7ccccn7)c6)n5)cc4c3cc21. The molecule has 0 amide bonds. The molecule has 0 aliphatic heterocycles. The van der Waals surface area contributed by atoms with E-state index in [0.717, 1.165) is 39.3 Å². The van der Waals surface area contributed by atoms with Gasteiger partial charge in [0.05, 0.1) is 17.1 Å². The van der Waals surface area contributed by atoms with Crippen LogP contribution in [-0.2, 0) is 5.41 Å². The number of pyridine rings is 1. The Balaban J connectivity index is 1.23. The monoisotopic (exact) mass is 601 g/mol. The van der Waals surface area contributed by atoms with Gasteiger partial charge in [-0.05, 0) is 86.3 Å². The third-order valence-corrected chi connectivity index (χ3v) is 9.71. The molecule has 6 aromatic carbocycles. The van der Waals surface area contributed by atoms with Crippen LogP contribution in [0.15, 0.2) is 152 Å². The van der Waals surface area contributed by atoms with E-state index in [9.17, 15) is 0 Å². The predicted molar refractivity (Wildman–Crippen MR) is 194 cm³/mol. The van der Waals surface area contributed by atoms with E-state index >= 15 is 0 Å². The third-order valence-electron chi connectivity index (χ3n) is 9.71. The lowest BCUT2D eigenvalue weighted by Crippen LogP contribution is -2.14. The number of rotatable bonds is 4. The predicted octanol–water partition coefficient (Wildman–Crippen LogP) is 11.2. The van der Waals surface area contributed by atoms with Crippen molar-refractivity contribution < 1.29 is 0 Å². The molecule has 0 unspecified atom stereocenters. The number of hydrogen-bond acceptors (Lipinski definition) is 3. The van der Waals surface area contributed by atoms with Gasteiger partial charge in [0.15, 0.2) is 5.82 Å². The topological polar surface area (TPSA) is 38.7 Å². The zero-order chi connectivity index (χ0) is 31.5. The van der Waals surface area contributed by atoms with Crippen molar-refractivity contribution >= 4 is 21.5 Å². The molecule has 0 bridgehead atoms. The average Bonchev–Trinajstić information content (AvgIpc) is 3.36. The average molecular weight is 602 g/mol. The Kier molecular flexibility index (Phi) is 6.16. The highest BCUT2D eigenvalue weighted by atomic mass is 14.9. The fraction of sp³-hybridized carbons (Fsp3) is 0.0682. The Labute approximate surface area is 274 Å². The zero-order valence-electron chi connectivity index (χ0n) is 26.3. The van der Waals surface area contributed by atoms with Gasteiger partial charge in [0, 0.05) is 33.9 Å². The maximum atomic E-state index is 5.20. The highest BCUT2D eigenvalue weighted by Gasteiger charge is 2.35. The van der Waals surface area contributed by atoms with Crippen molar-refractivity contribution in [2.75, 3.05) is 0 Å². The van der Waals surface area contributed by atoms with Gasteiger partial charge in [0.2, 0.25) is 0 Å². The second kappa shape index (κ2) is 10.6. The molecule has 2 aromatic heterocycles. The van der Waals surface area contributed by atoms with E-state index in [0.29, 0.717) is 5.82 Å². The summed E-state index contributed by atoms with van der Waals surface area (Å²) in [6, 6.07) is 51.7. The summed E-state index contributed by atoms with van der Waals surface area (Å²) < 4.78 is 0. The van der Waals surface area contributed by atoms with Crippen LogP contribution in [0.1, 0.15) is 25.0 Å². The molecule has 0 saturated carbocycles. The highest BCUT2D eigenvalue weighted by molar-refractivity contribution is 6.10. The smallest absolute Gasteiger partial charge is 0.160 e. The Morgan fingerprint density at radius 2 is 1.11 bits per heavy atom. The third kappa shape index (κ3) is 4.54. The van der Waals surface area contributed by atoms with Crippen LogP contribution in [0.5, 0.6) is 0 Å². The quantitative estimate of drug-likeness (QED) is 0.188. The molecule has 3 nitrogen and oxygen atoms in total. The van der Waals surface area contributed by atoms with Gasteiger partial charge in [-0.25, -0.2) is 9.97 Å². The van der Waals surface area contributed by atoms with Gasteiger partial charge in [0.1, 0.15) is 0 Å². The van der Waals surface area contributed by atoms with Gasteiger partial charge in [-0.15, -0.1) is 0 Å². The van der Waals surface area contributed by atoms with Crippen LogP contribution in [0.25, 0.3) is 77.8 Å². The fourth-order valence-corrected chi connectivity index (χ4v) is 7.24. The molecule has 9 rings (SSSR count). The van der Waals surface area contributed by atoms with Crippen LogP contribution >= 0.6 is 0 Å². The van der Waals surface area contributed by atoms with E-state index in [1.807, 2.05) is 30.5 Å². The largest absolute Gasteiger partial charge is 0.256 e. The first-order chi connectivity index (χ1) is 23.0. The second-order valence-electron chi connectivity index (χ2n) is 12.9. The molecular weight excluding hydrogens is 571 g/mol. The van der Waals surface area contributed by atoms with E-state index in [1.165, 1.54) is 43.8 Å². The van der Waals surface area contributed by atoms with Crippen LogP contribution in [0.2, 0.25) is 0 Å². The number of fused-ring (bicyclic) bond motifs is 6. The summed E-state index contributed by atoms with van der Waals surface area (Å²) in [6.07, 6.45) is 1.82. The molecule has 1 aliphatic rings. The van der Waals surface area contributed by atoms with E-state index in [1.54, 1.807) is 0 Å². The minimum Gasteiger partial charge on any atom is -0.256 e. The summed E-state index contributed by atoms with van der Waals surface area (Å²) in [5.74, 6) is 0.689.